The maximum Gasteiger partial charge on any atom is 0.250 e. The minimum atomic E-state index is -0.651. The molecule has 0 unspecified atom stereocenters. The van der Waals surface area contributed by atoms with E-state index < -0.39 is 5.91 Å². The van der Waals surface area contributed by atoms with Gasteiger partial charge in [0.2, 0.25) is 11.8 Å². The second-order valence-electron chi connectivity index (χ2n) is 4.59. The number of benzene rings is 1. The van der Waals surface area contributed by atoms with Gasteiger partial charge in [-0.25, -0.2) is 0 Å². The molecule has 0 bridgehead atoms. The highest BCUT2D eigenvalue weighted by Gasteiger charge is 2.14. The highest BCUT2D eigenvalue weighted by Crippen LogP contribution is 2.21. The first-order valence-electron chi connectivity index (χ1n) is 6.19. The molecule has 7 heteroatoms. The molecule has 110 valence electrons. The molecule has 0 radical (unpaired) electrons. The number of nitrogens with one attached hydrogen (secondary N) is 1. The fourth-order valence-corrected chi connectivity index (χ4v) is 2.12. The van der Waals surface area contributed by atoms with Gasteiger partial charge in [0, 0.05) is 11.3 Å². The Morgan fingerprint density at radius 2 is 2.10 bits per heavy atom. The predicted molar refractivity (Wildman–Crippen MR) is 78.3 cm³/mol. The standard InChI is InChI=1S/C14H14ClN3O3/c1-7-10(8(2)21-18-7)6-13(19)17-9-3-4-12(15)11(5-9)14(16)20/h3-5H,6H2,1-2H3,(H2,16,20)(H,17,19). The highest BCUT2D eigenvalue weighted by molar-refractivity contribution is 6.34. The van der Waals surface area contributed by atoms with Crippen LogP contribution in [0.4, 0.5) is 5.69 Å². The molecule has 0 saturated carbocycles. The van der Waals surface area contributed by atoms with Crippen molar-refractivity contribution < 1.29 is 14.1 Å². The third-order valence-corrected chi connectivity index (χ3v) is 3.36. The van der Waals surface area contributed by atoms with E-state index in [0.29, 0.717) is 17.1 Å². The summed E-state index contributed by atoms with van der Waals surface area (Å²) in [6.07, 6.45) is 0.135. The zero-order chi connectivity index (χ0) is 15.6. The van der Waals surface area contributed by atoms with Crippen LogP contribution < -0.4 is 11.1 Å². The average molecular weight is 308 g/mol. The van der Waals surface area contributed by atoms with E-state index in [-0.39, 0.29) is 22.9 Å². The lowest BCUT2D eigenvalue weighted by atomic mass is 10.1. The zero-order valence-corrected chi connectivity index (χ0v) is 12.3. The summed E-state index contributed by atoms with van der Waals surface area (Å²) in [7, 11) is 0. The average Bonchev–Trinajstić information content (AvgIpc) is 2.72. The Hall–Kier alpha value is -2.34. The van der Waals surface area contributed by atoms with Crippen molar-refractivity contribution in [2.24, 2.45) is 5.73 Å². The number of carbonyl (C=O) groups excluding carboxylic acids is 2. The predicted octanol–water partition coefficient (Wildman–Crippen LogP) is 2.22. The smallest absolute Gasteiger partial charge is 0.250 e. The molecule has 6 nitrogen and oxygen atoms in total. The van der Waals surface area contributed by atoms with Crippen LogP contribution in [-0.4, -0.2) is 17.0 Å². The van der Waals surface area contributed by atoms with Gasteiger partial charge in [-0.15, -0.1) is 0 Å². The van der Waals surface area contributed by atoms with Gasteiger partial charge in [0.1, 0.15) is 5.76 Å². The van der Waals surface area contributed by atoms with Crippen molar-refractivity contribution in [3.63, 3.8) is 0 Å². The third-order valence-electron chi connectivity index (χ3n) is 3.03. The van der Waals surface area contributed by atoms with Crippen LogP contribution in [0.1, 0.15) is 27.4 Å². The second kappa shape index (κ2) is 5.97. The topological polar surface area (TPSA) is 98.2 Å². The van der Waals surface area contributed by atoms with E-state index in [0.717, 1.165) is 5.56 Å². The molecular weight excluding hydrogens is 294 g/mol. The summed E-state index contributed by atoms with van der Waals surface area (Å²) in [5.74, 6) is -0.291. The number of amides is 2. The molecule has 0 saturated heterocycles. The SMILES string of the molecule is Cc1noc(C)c1CC(=O)Nc1ccc(Cl)c(C(N)=O)c1. The molecule has 2 aromatic rings. The van der Waals surface area contributed by atoms with Gasteiger partial charge >= 0.3 is 0 Å². The van der Waals surface area contributed by atoms with Crippen LogP contribution >= 0.6 is 11.6 Å². The lowest BCUT2D eigenvalue weighted by Crippen LogP contribution is -2.17. The van der Waals surface area contributed by atoms with Crippen LogP contribution in [0.5, 0.6) is 0 Å². The Labute approximate surface area is 126 Å². The normalized spacial score (nSPS) is 10.4. The van der Waals surface area contributed by atoms with Crippen molar-refractivity contribution >= 4 is 29.1 Å². The van der Waals surface area contributed by atoms with Crippen molar-refractivity contribution in [2.45, 2.75) is 20.3 Å². The van der Waals surface area contributed by atoms with Crippen LogP contribution in [0.15, 0.2) is 22.7 Å². The van der Waals surface area contributed by atoms with Crippen LogP contribution in [0, 0.1) is 13.8 Å². The number of primary amides is 1. The summed E-state index contributed by atoms with van der Waals surface area (Å²) in [6.45, 7) is 3.52. The summed E-state index contributed by atoms with van der Waals surface area (Å²) in [6, 6.07) is 4.54. The van der Waals surface area contributed by atoms with Gasteiger partial charge in [-0.05, 0) is 32.0 Å². The molecule has 2 rings (SSSR count). The van der Waals surface area contributed by atoms with Gasteiger partial charge in [-0.1, -0.05) is 16.8 Å². The first kappa shape index (κ1) is 15.1. The van der Waals surface area contributed by atoms with Crippen LogP contribution in [0.2, 0.25) is 5.02 Å². The number of anilines is 1. The first-order chi connectivity index (χ1) is 9.88. The van der Waals surface area contributed by atoms with E-state index in [1.165, 1.54) is 12.1 Å². The zero-order valence-electron chi connectivity index (χ0n) is 11.6. The number of nitrogens with two attached hydrogens (primary N) is 1. The van der Waals surface area contributed by atoms with Crippen LogP contribution in [0.25, 0.3) is 0 Å². The Balaban J connectivity index is 2.13. The fourth-order valence-electron chi connectivity index (χ4n) is 1.91. The summed E-state index contributed by atoms with van der Waals surface area (Å²) < 4.78 is 5.00. The largest absolute Gasteiger partial charge is 0.366 e. The van der Waals surface area contributed by atoms with E-state index in [4.69, 9.17) is 21.9 Å². The van der Waals surface area contributed by atoms with Gasteiger partial charge in [-0.2, -0.15) is 0 Å². The monoisotopic (exact) mass is 307 g/mol. The number of rotatable bonds is 4. The van der Waals surface area contributed by atoms with Crippen LogP contribution in [-0.2, 0) is 11.2 Å². The number of aromatic nitrogens is 1. The lowest BCUT2D eigenvalue weighted by Gasteiger charge is -2.07. The summed E-state index contributed by atoms with van der Waals surface area (Å²) in [5, 5.41) is 6.72. The molecule has 0 aliphatic heterocycles. The van der Waals surface area contributed by atoms with Gasteiger partial charge in [0.15, 0.2) is 0 Å². The first-order valence-corrected chi connectivity index (χ1v) is 6.57. The number of nitrogens with zero attached hydrogens (tertiary/aromatic N) is 1. The van der Waals surface area contributed by atoms with E-state index >= 15 is 0 Å². The van der Waals surface area contributed by atoms with Gasteiger partial charge in [-0.3, -0.25) is 9.59 Å². The van der Waals surface area contributed by atoms with E-state index in [1.807, 2.05) is 0 Å². The van der Waals surface area contributed by atoms with E-state index in [9.17, 15) is 9.59 Å². The van der Waals surface area contributed by atoms with Crippen molar-refractivity contribution in [3.05, 3.63) is 45.8 Å². The minimum absolute atomic E-state index is 0.135. The Kier molecular flexibility index (Phi) is 4.28. The Bertz CT molecular complexity index is 690. The molecule has 1 aromatic carbocycles. The summed E-state index contributed by atoms with van der Waals surface area (Å²) >= 11 is 5.85. The third kappa shape index (κ3) is 3.41. The van der Waals surface area contributed by atoms with E-state index in [1.54, 1.807) is 19.9 Å². The number of halogens is 1. The molecular formula is C14H14ClN3O3. The molecule has 1 heterocycles. The second-order valence-corrected chi connectivity index (χ2v) is 4.99. The molecule has 2 amide bonds. The van der Waals surface area contributed by atoms with Crippen LogP contribution in [0.3, 0.4) is 0 Å². The number of hydrogen-bond donors (Lipinski definition) is 2. The number of hydrogen-bond acceptors (Lipinski definition) is 4. The molecule has 21 heavy (non-hydrogen) atoms. The molecule has 0 aliphatic carbocycles. The molecule has 0 spiro atoms. The van der Waals surface area contributed by atoms with Crippen molar-refractivity contribution in [3.8, 4) is 0 Å². The Morgan fingerprint density at radius 1 is 1.38 bits per heavy atom. The fraction of sp³-hybridized carbons (Fsp3) is 0.214. The maximum absolute atomic E-state index is 12.0. The van der Waals surface area contributed by atoms with Gasteiger partial charge in [0.25, 0.3) is 0 Å². The maximum atomic E-state index is 12.0. The van der Waals surface area contributed by atoms with Crippen molar-refractivity contribution in [1.29, 1.82) is 0 Å². The minimum Gasteiger partial charge on any atom is -0.366 e. The molecule has 0 fully saturated rings. The van der Waals surface area contributed by atoms with Gasteiger partial charge in [0.05, 0.1) is 22.7 Å². The van der Waals surface area contributed by atoms with Crippen molar-refractivity contribution in [2.75, 3.05) is 5.32 Å². The lowest BCUT2D eigenvalue weighted by molar-refractivity contribution is -0.115. The summed E-state index contributed by atoms with van der Waals surface area (Å²) in [4.78, 5) is 23.2. The van der Waals surface area contributed by atoms with Gasteiger partial charge < -0.3 is 15.6 Å². The number of aryl methyl sites for hydroxylation is 2. The quantitative estimate of drug-likeness (QED) is 0.904. The molecule has 0 aliphatic rings. The number of carbonyl (C=O) groups is 2. The molecule has 3 N–H and O–H groups in total. The van der Waals surface area contributed by atoms with E-state index in [2.05, 4.69) is 10.5 Å². The molecule has 0 atom stereocenters. The Morgan fingerprint density at radius 3 is 2.67 bits per heavy atom. The summed E-state index contributed by atoms with van der Waals surface area (Å²) in [5.41, 5.74) is 7.24. The van der Waals surface area contributed by atoms with Crippen molar-refractivity contribution in [1.82, 2.24) is 5.16 Å². The highest BCUT2D eigenvalue weighted by atomic mass is 35.5. The molecule has 1 aromatic heterocycles.